The second-order valence-corrected chi connectivity index (χ2v) is 5.20. The van der Waals surface area contributed by atoms with E-state index in [2.05, 4.69) is 31.4 Å². The third-order valence-corrected chi connectivity index (χ3v) is 3.39. The quantitative estimate of drug-likeness (QED) is 0.451. The zero-order chi connectivity index (χ0) is 17.7. The van der Waals surface area contributed by atoms with Crippen LogP contribution in [0.3, 0.4) is 0 Å². The van der Waals surface area contributed by atoms with E-state index < -0.39 is 9.85 Å². The largest absolute Gasteiger partial charge is 0.489 e. The molecule has 0 amide bonds. The van der Waals surface area contributed by atoms with Crippen LogP contribution >= 0.6 is 15.9 Å². The summed E-state index contributed by atoms with van der Waals surface area (Å²) in [6.07, 6.45) is 2.44. The van der Waals surface area contributed by atoms with Crippen molar-refractivity contribution in [2.45, 2.75) is 0 Å². The molecule has 24 heavy (non-hydrogen) atoms. The van der Waals surface area contributed by atoms with Crippen molar-refractivity contribution < 1.29 is 14.6 Å². The zero-order valence-electron chi connectivity index (χ0n) is 12.2. The van der Waals surface area contributed by atoms with Gasteiger partial charge in [-0.3, -0.25) is 25.7 Å². The third kappa shape index (κ3) is 4.01. The lowest BCUT2D eigenvalue weighted by Gasteiger charge is -2.05. The number of methoxy groups -OCH3 is 1. The number of nitro groups is 2. The Balaban J connectivity index is 2.17. The molecule has 0 fully saturated rings. The van der Waals surface area contributed by atoms with Crippen LogP contribution in [-0.4, -0.2) is 28.2 Å². The van der Waals surface area contributed by atoms with E-state index in [1.807, 2.05) is 0 Å². The van der Waals surface area contributed by atoms with E-state index in [0.717, 1.165) is 6.20 Å². The number of benzene rings is 1. The Labute approximate surface area is 143 Å². The Hall–Kier alpha value is -3.08. The number of nitro benzene ring substituents is 1. The fourth-order valence-corrected chi connectivity index (χ4v) is 2.37. The maximum atomic E-state index is 11.0. The number of aromatic nitrogens is 1. The number of hydrogen-bond donors (Lipinski definition) is 1. The van der Waals surface area contributed by atoms with Crippen LogP contribution in [-0.2, 0) is 0 Å². The van der Waals surface area contributed by atoms with Crippen LogP contribution < -0.4 is 10.2 Å². The first-order chi connectivity index (χ1) is 11.4. The lowest BCUT2D eigenvalue weighted by molar-refractivity contribution is -0.385. The topological polar surface area (TPSA) is 133 Å². The summed E-state index contributed by atoms with van der Waals surface area (Å²) in [5.74, 6) is 0.404. The van der Waals surface area contributed by atoms with E-state index in [4.69, 9.17) is 4.74 Å². The second kappa shape index (κ2) is 7.46. The molecule has 0 spiro atoms. The van der Waals surface area contributed by atoms with E-state index in [1.165, 1.54) is 31.5 Å². The van der Waals surface area contributed by atoms with E-state index in [-0.39, 0.29) is 17.1 Å². The van der Waals surface area contributed by atoms with Gasteiger partial charge < -0.3 is 4.74 Å². The molecule has 0 aliphatic heterocycles. The fraction of sp³-hybridized carbons (Fsp3) is 0.0769. The molecule has 0 aliphatic rings. The monoisotopic (exact) mass is 395 g/mol. The highest BCUT2D eigenvalue weighted by Gasteiger charge is 2.18. The summed E-state index contributed by atoms with van der Waals surface area (Å²) in [7, 11) is 1.34. The number of hydrazone groups is 1. The predicted octanol–water partition coefficient (Wildman–Crippen LogP) is 3.12. The number of hydrogen-bond acceptors (Lipinski definition) is 8. The van der Waals surface area contributed by atoms with Crippen LogP contribution in [0.15, 0.2) is 40.0 Å². The average Bonchev–Trinajstić information content (AvgIpc) is 2.54. The van der Waals surface area contributed by atoms with Crippen molar-refractivity contribution in [3.63, 3.8) is 0 Å². The van der Waals surface area contributed by atoms with Gasteiger partial charge >= 0.3 is 5.69 Å². The SMILES string of the molecule is COc1c(Br)cc(/C=N/Nc2ccc([N+](=O)[O-])cn2)cc1[N+](=O)[O-]. The second-order valence-electron chi connectivity index (χ2n) is 4.34. The zero-order valence-corrected chi connectivity index (χ0v) is 13.8. The van der Waals surface area contributed by atoms with Gasteiger partial charge in [0.15, 0.2) is 0 Å². The van der Waals surface area contributed by atoms with Crippen LogP contribution in [0.4, 0.5) is 17.2 Å². The molecule has 10 nitrogen and oxygen atoms in total. The summed E-state index contributed by atoms with van der Waals surface area (Å²) in [5.41, 5.74) is 2.68. The Morgan fingerprint density at radius 2 is 2.04 bits per heavy atom. The van der Waals surface area contributed by atoms with Gasteiger partial charge in [0.2, 0.25) is 5.75 Å². The summed E-state index contributed by atoms with van der Waals surface area (Å²) < 4.78 is 5.39. The molecule has 0 unspecified atom stereocenters. The summed E-state index contributed by atoms with van der Waals surface area (Å²) in [6.45, 7) is 0. The molecule has 0 bridgehead atoms. The Morgan fingerprint density at radius 3 is 2.58 bits per heavy atom. The molecule has 0 radical (unpaired) electrons. The van der Waals surface area contributed by atoms with Gasteiger partial charge in [0.05, 0.1) is 27.6 Å². The maximum Gasteiger partial charge on any atom is 0.312 e. The number of nitrogens with one attached hydrogen (secondary N) is 1. The van der Waals surface area contributed by atoms with E-state index in [0.29, 0.717) is 15.9 Å². The average molecular weight is 396 g/mol. The molecule has 2 aromatic rings. The van der Waals surface area contributed by atoms with E-state index in [9.17, 15) is 20.2 Å². The molecule has 0 saturated carbocycles. The molecule has 1 N–H and O–H groups in total. The highest BCUT2D eigenvalue weighted by atomic mass is 79.9. The smallest absolute Gasteiger partial charge is 0.312 e. The van der Waals surface area contributed by atoms with Gasteiger partial charge in [0.1, 0.15) is 12.0 Å². The molecule has 1 heterocycles. The Bertz CT molecular complexity index is 809. The first-order valence-electron chi connectivity index (χ1n) is 6.34. The molecule has 1 aromatic carbocycles. The van der Waals surface area contributed by atoms with Crippen LogP contribution in [0.25, 0.3) is 0 Å². The van der Waals surface area contributed by atoms with Gasteiger partial charge in [0.25, 0.3) is 5.69 Å². The minimum absolute atomic E-state index is 0.113. The molecule has 124 valence electrons. The fourth-order valence-electron chi connectivity index (χ4n) is 1.74. The summed E-state index contributed by atoms with van der Waals surface area (Å²) in [4.78, 5) is 24.3. The summed E-state index contributed by atoms with van der Waals surface area (Å²) in [5, 5.41) is 25.5. The molecule has 0 saturated heterocycles. The van der Waals surface area contributed by atoms with Crippen molar-refractivity contribution in [1.82, 2.24) is 4.98 Å². The molecular formula is C13H10BrN5O5. The molecule has 0 atom stereocenters. The number of rotatable bonds is 6. The molecule has 0 aliphatic carbocycles. The van der Waals surface area contributed by atoms with Gasteiger partial charge in [-0.05, 0) is 28.1 Å². The highest BCUT2D eigenvalue weighted by molar-refractivity contribution is 9.10. The van der Waals surface area contributed by atoms with Crippen molar-refractivity contribution in [2.24, 2.45) is 5.10 Å². The number of anilines is 1. The number of pyridine rings is 1. The van der Waals surface area contributed by atoms with Gasteiger partial charge in [-0.25, -0.2) is 4.98 Å². The molecule has 1 aromatic heterocycles. The summed E-state index contributed by atoms with van der Waals surface area (Å²) >= 11 is 3.20. The molecular weight excluding hydrogens is 386 g/mol. The maximum absolute atomic E-state index is 11.0. The minimum Gasteiger partial charge on any atom is -0.489 e. The first kappa shape index (κ1) is 17.3. The molecule has 11 heteroatoms. The number of ether oxygens (including phenoxy) is 1. The third-order valence-electron chi connectivity index (χ3n) is 2.80. The minimum atomic E-state index is -0.563. The first-order valence-corrected chi connectivity index (χ1v) is 7.13. The van der Waals surface area contributed by atoms with Crippen LogP contribution in [0.1, 0.15) is 5.56 Å². The Kier molecular flexibility index (Phi) is 5.37. The highest BCUT2D eigenvalue weighted by Crippen LogP contribution is 2.35. The van der Waals surface area contributed by atoms with Crippen LogP contribution in [0.5, 0.6) is 5.75 Å². The summed E-state index contributed by atoms with van der Waals surface area (Å²) in [6, 6.07) is 5.57. The van der Waals surface area contributed by atoms with E-state index >= 15 is 0 Å². The van der Waals surface area contributed by atoms with Gasteiger partial charge in [0, 0.05) is 17.7 Å². The van der Waals surface area contributed by atoms with Crippen molar-refractivity contribution in [3.8, 4) is 5.75 Å². The number of halogens is 1. The van der Waals surface area contributed by atoms with Crippen molar-refractivity contribution in [1.29, 1.82) is 0 Å². The number of nitrogens with zero attached hydrogens (tertiary/aromatic N) is 4. The molecule has 2 rings (SSSR count). The van der Waals surface area contributed by atoms with Crippen LogP contribution in [0.2, 0.25) is 0 Å². The van der Waals surface area contributed by atoms with Crippen molar-refractivity contribution in [3.05, 3.63) is 60.7 Å². The standard InChI is InChI=1S/C13H10BrN5O5/c1-24-13-10(14)4-8(5-11(13)19(22)23)6-16-17-12-3-2-9(7-15-12)18(20)21/h2-7H,1H3,(H,15,17)/b16-6+. The van der Waals surface area contributed by atoms with Gasteiger partial charge in [-0.15, -0.1) is 0 Å². The Morgan fingerprint density at radius 1 is 1.29 bits per heavy atom. The van der Waals surface area contributed by atoms with E-state index in [1.54, 1.807) is 6.07 Å². The van der Waals surface area contributed by atoms with Crippen molar-refractivity contribution >= 4 is 39.3 Å². The van der Waals surface area contributed by atoms with Crippen molar-refractivity contribution in [2.75, 3.05) is 12.5 Å². The van der Waals surface area contributed by atoms with Gasteiger partial charge in [-0.2, -0.15) is 5.10 Å². The predicted molar refractivity (Wildman–Crippen MR) is 89.5 cm³/mol. The lowest BCUT2D eigenvalue weighted by Crippen LogP contribution is -1.98. The lowest BCUT2D eigenvalue weighted by atomic mass is 10.2. The normalized spacial score (nSPS) is 10.6. The van der Waals surface area contributed by atoms with Crippen LogP contribution in [0, 0.1) is 20.2 Å². The van der Waals surface area contributed by atoms with Gasteiger partial charge in [-0.1, -0.05) is 0 Å².